The quantitative estimate of drug-likeness (QED) is 0.815. The molecule has 0 aromatic heterocycles. The van der Waals surface area contributed by atoms with Crippen molar-refractivity contribution in [2.24, 2.45) is 0 Å². The van der Waals surface area contributed by atoms with Crippen LogP contribution in [-0.2, 0) is 4.74 Å². The molecule has 1 fully saturated rings. The number of benzene rings is 1. The van der Waals surface area contributed by atoms with E-state index < -0.39 is 0 Å². The second-order valence-electron chi connectivity index (χ2n) is 3.16. The smallest absolute Gasteiger partial charge is 0.123 e. The first kappa shape index (κ1) is 9.77. The molecule has 1 aliphatic heterocycles. The van der Waals surface area contributed by atoms with Gasteiger partial charge >= 0.3 is 0 Å². The summed E-state index contributed by atoms with van der Waals surface area (Å²) in [6.45, 7) is 1.25. The van der Waals surface area contributed by atoms with Crippen LogP contribution < -0.4 is 10.1 Å². The third-order valence-corrected chi connectivity index (χ3v) is 2.52. The summed E-state index contributed by atoms with van der Waals surface area (Å²) in [5, 5.41) is 3.93. The Morgan fingerprint density at radius 2 is 2.43 bits per heavy atom. The van der Waals surface area contributed by atoms with Crippen molar-refractivity contribution >= 4 is 11.6 Å². The number of nitrogens with one attached hydrogen (secondary N) is 1. The fourth-order valence-electron chi connectivity index (χ4n) is 1.57. The highest BCUT2D eigenvalue weighted by atomic mass is 35.5. The molecule has 76 valence electrons. The Hall–Kier alpha value is -0.770. The SMILES string of the molecule is COc1ccc(Cl)cc1C1COCN1. The van der Waals surface area contributed by atoms with E-state index in [1.54, 1.807) is 7.11 Å². The van der Waals surface area contributed by atoms with Gasteiger partial charge in [0.2, 0.25) is 0 Å². The molecule has 1 heterocycles. The molecule has 1 aromatic rings. The molecule has 0 spiro atoms. The summed E-state index contributed by atoms with van der Waals surface area (Å²) in [6.07, 6.45) is 0. The minimum absolute atomic E-state index is 0.184. The maximum Gasteiger partial charge on any atom is 0.123 e. The van der Waals surface area contributed by atoms with Gasteiger partial charge in [0.05, 0.1) is 26.5 Å². The molecule has 0 saturated carbocycles. The molecule has 1 N–H and O–H groups in total. The Kier molecular flexibility index (Phi) is 2.91. The predicted molar refractivity (Wildman–Crippen MR) is 54.7 cm³/mol. The average Bonchev–Trinajstić information content (AvgIpc) is 2.70. The van der Waals surface area contributed by atoms with Crippen molar-refractivity contribution in [3.63, 3.8) is 0 Å². The topological polar surface area (TPSA) is 30.5 Å². The molecule has 0 bridgehead atoms. The van der Waals surface area contributed by atoms with E-state index in [1.165, 1.54) is 0 Å². The normalized spacial score (nSPS) is 21.1. The van der Waals surface area contributed by atoms with E-state index in [1.807, 2.05) is 18.2 Å². The Bertz CT molecular complexity index is 324. The summed E-state index contributed by atoms with van der Waals surface area (Å²) < 4.78 is 10.5. The van der Waals surface area contributed by atoms with Crippen LogP contribution >= 0.6 is 11.6 Å². The third-order valence-electron chi connectivity index (χ3n) is 2.28. The molecule has 1 atom stereocenters. The lowest BCUT2D eigenvalue weighted by Gasteiger charge is -2.13. The molecular weight excluding hydrogens is 202 g/mol. The number of rotatable bonds is 2. The van der Waals surface area contributed by atoms with Gasteiger partial charge in [-0.25, -0.2) is 0 Å². The van der Waals surface area contributed by atoms with Crippen molar-refractivity contribution in [3.8, 4) is 5.75 Å². The zero-order chi connectivity index (χ0) is 9.97. The van der Waals surface area contributed by atoms with Gasteiger partial charge in [-0.1, -0.05) is 11.6 Å². The van der Waals surface area contributed by atoms with Gasteiger partial charge in [0.15, 0.2) is 0 Å². The molecule has 0 amide bonds. The Morgan fingerprint density at radius 1 is 1.57 bits per heavy atom. The highest BCUT2D eigenvalue weighted by molar-refractivity contribution is 6.30. The van der Waals surface area contributed by atoms with E-state index in [2.05, 4.69) is 5.32 Å². The van der Waals surface area contributed by atoms with Crippen LogP contribution in [-0.4, -0.2) is 20.4 Å². The molecule has 0 aliphatic carbocycles. The molecule has 2 rings (SSSR count). The number of hydrogen-bond acceptors (Lipinski definition) is 3. The number of ether oxygens (including phenoxy) is 2. The molecule has 4 heteroatoms. The number of hydrogen-bond donors (Lipinski definition) is 1. The zero-order valence-corrected chi connectivity index (χ0v) is 8.67. The monoisotopic (exact) mass is 213 g/mol. The maximum atomic E-state index is 5.93. The van der Waals surface area contributed by atoms with Crippen LogP contribution in [0.2, 0.25) is 5.02 Å². The summed E-state index contributed by atoms with van der Waals surface area (Å²) >= 11 is 5.93. The molecular formula is C10H12ClNO2. The lowest BCUT2D eigenvalue weighted by atomic mass is 10.1. The average molecular weight is 214 g/mol. The van der Waals surface area contributed by atoms with E-state index in [0.717, 1.165) is 16.3 Å². The molecule has 3 nitrogen and oxygen atoms in total. The van der Waals surface area contributed by atoms with Crippen molar-refractivity contribution in [1.82, 2.24) is 5.32 Å². The van der Waals surface area contributed by atoms with E-state index >= 15 is 0 Å². The number of halogens is 1. The lowest BCUT2D eigenvalue weighted by molar-refractivity contribution is 0.189. The van der Waals surface area contributed by atoms with Crippen LogP contribution in [0.1, 0.15) is 11.6 Å². The van der Waals surface area contributed by atoms with Gasteiger partial charge in [-0.15, -0.1) is 0 Å². The molecule has 1 unspecified atom stereocenters. The zero-order valence-electron chi connectivity index (χ0n) is 7.92. The van der Waals surface area contributed by atoms with E-state index in [4.69, 9.17) is 21.1 Å². The van der Waals surface area contributed by atoms with Crippen molar-refractivity contribution in [2.75, 3.05) is 20.4 Å². The van der Waals surface area contributed by atoms with Crippen LogP contribution in [0.4, 0.5) is 0 Å². The highest BCUT2D eigenvalue weighted by Gasteiger charge is 2.20. The van der Waals surface area contributed by atoms with Gasteiger partial charge in [0.1, 0.15) is 5.75 Å². The first-order valence-corrected chi connectivity index (χ1v) is 4.83. The van der Waals surface area contributed by atoms with Gasteiger partial charge in [0, 0.05) is 10.6 Å². The predicted octanol–water partition coefficient (Wildman–Crippen LogP) is 1.97. The van der Waals surface area contributed by atoms with Crippen LogP contribution in [0.15, 0.2) is 18.2 Å². The Morgan fingerprint density at radius 3 is 3.07 bits per heavy atom. The van der Waals surface area contributed by atoms with Crippen molar-refractivity contribution < 1.29 is 9.47 Å². The maximum absolute atomic E-state index is 5.93. The van der Waals surface area contributed by atoms with Crippen molar-refractivity contribution in [1.29, 1.82) is 0 Å². The lowest BCUT2D eigenvalue weighted by Crippen LogP contribution is -2.15. The summed E-state index contributed by atoms with van der Waals surface area (Å²) in [6, 6.07) is 5.79. The largest absolute Gasteiger partial charge is 0.496 e. The van der Waals surface area contributed by atoms with E-state index in [9.17, 15) is 0 Å². The van der Waals surface area contributed by atoms with Gasteiger partial charge in [-0.2, -0.15) is 0 Å². The molecule has 1 saturated heterocycles. The highest BCUT2D eigenvalue weighted by Crippen LogP contribution is 2.29. The standard InChI is InChI=1S/C10H12ClNO2/c1-13-10-3-2-7(11)4-8(10)9-5-14-6-12-9/h2-4,9,12H,5-6H2,1H3. The minimum atomic E-state index is 0.184. The van der Waals surface area contributed by atoms with Crippen LogP contribution in [0, 0.1) is 0 Å². The van der Waals surface area contributed by atoms with Crippen LogP contribution in [0.25, 0.3) is 0 Å². The minimum Gasteiger partial charge on any atom is -0.496 e. The van der Waals surface area contributed by atoms with Crippen LogP contribution in [0.3, 0.4) is 0 Å². The fourth-order valence-corrected chi connectivity index (χ4v) is 1.75. The molecule has 0 radical (unpaired) electrons. The fraction of sp³-hybridized carbons (Fsp3) is 0.400. The molecule has 14 heavy (non-hydrogen) atoms. The van der Waals surface area contributed by atoms with Gasteiger partial charge in [-0.3, -0.25) is 5.32 Å². The second-order valence-corrected chi connectivity index (χ2v) is 3.59. The third kappa shape index (κ3) is 1.85. The summed E-state index contributed by atoms with van der Waals surface area (Å²) in [5.74, 6) is 0.845. The van der Waals surface area contributed by atoms with Crippen LogP contribution in [0.5, 0.6) is 5.75 Å². The summed E-state index contributed by atoms with van der Waals surface area (Å²) in [7, 11) is 1.66. The molecule has 1 aromatic carbocycles. The molecule has 1 aliphatic rings. The van der Waals surface area contributed by atoms with Crippen molar-refractivity contribution in [2.45, 2.75) is 6.04 Å². The van der Waals surface area contributed by atoms with E-state index in [-0.39, 0.29) is 6.04 Å². The first-order chi connectivity index (χ1) is 6.81. The first-order valence-electron chi connectivity index (χ1n) is 4.46. The van der Waals surface area contributed by atoms with Crippen molar-refractivity contribution in [3.05, 3.63) is 28.8 Å². The second kappa shape index (κ2) is 4.17. The Balaban J connectivity index is 2.33. The van der Waals surface area contributed by atoms with Gasteiger partial charge < -0.3 is 9.47 Å². The van der Waals surface area contributed by atoms with Gasteiger partial charge in [0.25, 0.3) is 0 Å². The van der Waals surface area contributed by atoms with E-state index in [0.29, 0.717) is 13.3 Å². The summed E-state index contributed by atoms with van der Waals surface area (Å²) in [4.78, 5) is 0. The number of methoxy groups -OCH3 is 1. The van der Waals surface area contributed by atoms with Gasteiger partial charge in [-0.05, 0) is 18.2 Å². The summed E-state index contributed by atoms with van der Waals surface area (Å²) in [5.41, 5.74) is 1.05. The Labute approximate surface area is 88.0 Å².